The molecule has 0 aromatic heterocycles. The zero-order valence-electron chi connectivity index (χ0n) is 9.45. The number of hydrogen-bond donors (Lipinski definition) is 0. The van der Waals surface area contributed by atoms with Gasteiger partial charge in [0, 0.05) is 22.2 Å². The second-order valence-electron chi connectivity index (χ2n) is 4.06. The maximum Gasteiger partial charge on any atom is 0.254 e. The molecule has 1 aliphatic heterocycles. The molecule has 1 atom stereocenters. The molecule has 1 amide bonds. The minimum absolute atomic E-state index is 0.0507. The second kappa shape index (κ2) is 5.54. The number of hydrogen-bond acceptors (Lipinski definition) is 2. The predicted molar refractivity (Wildman–Crippen MR) is 75.5 cm³/mol. The average molecular weight is 366 g/mol. The summed E-state index contributed by atoms with van der Waals surface area (Å²) in [5.74, 6) is 0.0507. The van der Waals surface area contributed by atoms with Crippen LogP contribution in [0.15, 0.2) is 18.2 Å². The molecule has 1 aromatic rings. The topological polar surface area (TPSA) is 29.5 Å². The van der Waals surface area contributed by atoms with E-state index in [-0.39, 0.29) is 12.0 Å². The molecule has 1 heterocycles. The van der Waals surface area contributed by atoms with E-state index in [0.717, 1.165) is 3.57 Å². The maximum atomic E-state index is 12.2. The van der Waals surface area contributed by atoms with Crippen molar-refractivity contribution in [1.82, 2.24) is 4.90 Å². The lowest BCUT2D eigenvalue weighted by atomic mass is 10.2. The standard InChI is InChI=1S/C12H13ClINO2/c1-8-7-15(4-5-17-8)12(16)9-2-3-10(13)11(14)6-9/h2-3,6,8H,4-5,7H2,1H3/t8-/m0/s1. The van der Waals surface area contributed by atoms with Gasteiger partial charge in [0.05, 0.1) is 17.7 Å². The molecule has 5 heteroatoms. The summed E-state index contributed by atoms with van der Waals surface area (Å²) in [7, 11) is 0. The fourth-order valence-corrected chi connectivity index (χ4v) is 2.45. The third kappa shape index (κ3) is 3.11. The monoisotopic (exact) mass is 365 g/mol. The molecule has 0 bridgehead atoms. The molecule has 0 N–H and O–H groups in total. The zero-order valence-corrected chi connectivity index (χ0v) is 12.4. The molecule has 1 saturated heterocycles. The highest BCUT2D eigenvalue weighted by molar-refractivity contribution is 14.1. The van der Waals surface area contributed by atoms with Crippen LogP contribution in [0.2, 0.25) is 5.02 Å². The van der Waals surface area contributed by atoms with E-state index in [4.69, 9.17) is 16.3 Å². The average Bonchev–Trinajstić information content (AvgIpc) is 2.32. The maximum absolute atomic E-state index is 12.2. The van der Waals surface area contributed by atoms with Crippen molar-refractivity contribution in [3.8, 4) is 0 Å². The van der Waals surface area contributed by atoms with Gasteiger partial charge in [0.2, 0.25) is 0 Å². The summed E-state index contributed by atoms with van der Waals surface area (Å²) in [6.45, 7) is 3.89. The van der Waals surface area contributed by atoms with E-state index < -0.39 is 0 Å². The van der Waals surface area contributed by atoms with Crippen LogP contribution >= 0.6 is 34.2 Å². The molecule has 17 heavy (non-hydrogen) atoms. The van der Waals surface area contributed by atoms with E-state index in [9.17, 15) is 4.79 Å². The van der Waals surface area contributed by atoms with Crippen molar-refractivity contribution < 1.29 is 9.53 Å². The van der Waals surface area contributed by atoms with E-state index in [0.29, 0.717) is 30.3 Å². The first-order valence-electron chi connectivity index (χ1n) is 5.44. The number of carbonyl (C=O) groups is 1. The fourth-order valence-electron chi connectivity index (χ4n) is 1.81. The van der Waals surface area contributed by atoms with Gasteiger partial charge in [-0.1, -0.05) is 11.6 Å². The van der Waals surface area contributed by atoms with Gasteiger partial charge >= 0.3 is 0 Å². The Kier molecular flexibility index (Phi) is 4.27. The van der Waals surface area contributed by atoms with Crippen LogP contribution in [0.4, 0.5) is 0 Å². The van der Waals surface area contributed by atoms with Gasteiger partial charge in [-0.25, -0.2) is 0 Å². The Morgan fingerprint density at radius 2 is 2.35 bits per heavy atom. The molecular formula is C12H13ClINO2. The van der Waals surface area contributed by atoms with Crippen molar-refractivity contribution in [3.63, 3.8) is 0 Å². The highest BCUT2D eigenvalue weighted by Crippen LogP contribution is 2.20. The Balaban J connectivity index is 2.15. The molecule has 2 rings (SSSR count). The van der Waals surface area contributed by atoms with Crippen LogP contribution in [-0.4, -0.2) is 36.6 Å². The van der Waals surface area contributed by atoms with Crippen molar-refractivity contribution >= 4 is 40.1 Å². The van der Waals surface area contributed by atoms with Gasteiger partial charge in [-0.3, -0.25) is 4.79 Å². The van der Waals surface area contributed by atoms with Gasteiger partial charge in [0.15, 0.2) is 0 Å². The summed E-state index contributed by atoms with van der Waals surface area (Å²) in [5.41, 5.74) is 0.688. The van der Waals surface area contributed by atoms with E-state index in [1.165, 1.54) is 0 Å². The van der Waals surface area contributed by atoms with E-state index in [1.807, 2.05) is 17.9 Å². The third-order valence-electron chi connectivity index (χ3n) is 2.69. The van der Waals surface area contributed by atoms with Crippen molar-refractivity contribution in [1.29, 1.82) is 0 Å². The molecule has 1 fully saturated rings. The quantitative estimate of drug-likeness (QED) is 0.716. The molecule has 1 aromatic carbocycles. The molecule has 0 saturated carbocycles. The van der Waals surface area contributed by atoms with Crippen molar-refractivity contribution in [3.05, 3.63) is 32.4 Å². The first kappa shape index (κ1) is 13.1. The molecule has 0 radical (unpaired) electrons. The molecule has 92 valence electrons. The van der Waals surface area contributed by atoms with Crippen LogP contribution in [0, 0.1) is 3.57 Å². The molecular weight excluding hydrogens is 352 g/mol. The fraction of sp³-hybridized carbons (Fsp3) is 0.417. The van der Waals surface area contributed by atoms with Gasteiger partial charge in [-0.15, -0.1) is 0 Å². The molecule has 3 nitrogen and oxygen atoms in total. The Morgan fingerprint density at radius 3 is 3.00 bits per heavy atom. The molecule has 0 aliphatic carbocycles. The summed E-state index contributed by atoms with van der Waals surface area (Å²) in [5, 5.41) is 0.678. The Labute approximate surface area is 119 Å². The van der Waals surface area contributed by atoms with Crippen LogP contribution in [0.1, 0.15) is 17.3 Å². The number of morpholine rings is 1. The highest BCUT2D eigenvalue weighted by atomic mass is 127. The second-order valence-corrected chi connectivity index (χ2v) is 5.63. The third-order valence-corrected chi connectivity index (χ3v) is 4.24. The Bertz CT molecular complexity index is 439. The lowest BCUT2D eigenvalue weighted by Gasteiger charge is -2.31. The lowest BCUT2D eigenvalue weighted by molar-refractivity contribution is -0.0124. The van der Waals surface area contributed by atoms with Crippen molar-refractivity contribution in [2.24, 2.45) is 0 Å². The summed E-state index contributed by atoms with van der Waals surface area (Å²) in [6.07, 6.45) is 0.110. The van der Waals surface area contributed by atoms with Gasteiger partial charge in [0.25, 0.3) is 5.91 Å². The van der Waals surface area contributed by atoms with Crippen LogP contribution in [0.5, 0.6) is 0 Å². The Hall–Kier alpha value is -0.330. The number of carbonyl (C=O) groups excluding carboxylic acids is 1. The summed E-state index contributed by atoms with van der Waals surface area (Å²) in [6, 6.07) is 5.36. The van der Waals surface area contributed by atoms with Crippen LogP contribution < -0.4 is 0 Å². The Morgan fingerprint density at radius 1 is 1.59 bits per heavy atom. The summed E-state index contributed by atoms with van der Waals surface area (Å²) >= 11 is 8.07. The van der Waals surface area contributed by atoms with E-state index in [1.54, 1.807) is 12.1 Å². The predicted octanol–water partition coefficient (Wildman–Crippen LogP) is 2.81. The van der Waals surface area contributed by atoms with Crippen molar-refractivity contribution in [2.75, 3.05) is 19.7 Å². The normalized spacial score (nSPS) is 20.4. The first-order chi connectivity index (χ1) is 8.08. The molecule has 0 unspecified atom stereocenters. The number of nitrogens with zero attached hydrogens (tertiary/aromatic N) is 1. The van der Waals surface area contributed by atoms with Gasteiger partial charge in [-0.05, 0) is 47.7 Å². The van der Waals surface area contributed by atoms with Crippen LogP contribution in [0.25, 0.3) is 0 Å². The molecule has 0 spiro atoms. The minimum Gasteiger partial charge on any atom is -0.375 e. The zero-order chi connectivity index (χ0) is 12.4. The van der Waals surface area contributed by atoms with Gasteiger partial charge in [-0.2, -0.15) is 0 Å². The van der Waals surface area contributed by atoms with Crippen LogP contribution in [-0.2, 0) is 4.74 Å². The summed E-state index contributed by atoms with van der Waals surface area (Å²) < 4.78 is 6.32. The number of amides is 1. The number of rotatable bonds is 1. The number of benzene rings is 1. The largest absolute Gasteiger partial charge is 0.375 e. The van der Waals surface area contributed by atoms with Crippen molar-refractivity contribution in [2.45, 2.75) is 13.0 Å². The van der Waals surface area contributed by atoms with Crippen LogP contribution in [0.3, 0.4) is 0 Å². The van der Waals surface area contributed by atoms with Gasteiger partial charge in [0.1, 0.15) is 0 Å². The summed E-state index contributed by atoms with van der Waals surface area (Å²) in [4.78, 5) is 14.1. The van der Waals surface area contributed by atoms with E-state index in [2.05, 4.69) is 22.6 Å². The van der Waals surface area contributed by atoms with E-state index >= 15 is 0 Å². The minimum atomic E-state index is 0.0507. The number of ether oxygens (including phenoxy) is 1. The first-order valence-corrected chi connectivity index (χ1v) is 6.89. The lowest BCUT2D eigenvalue weighted by Crippen LogP contribution is -2.44. The number of halogens is 2. The smallest absolute Gasteiger partial charge is 0.254 e. The van der Waals surface area contributed by atoms with Gasteiger partial charge < -0.3 is 9.64 Å². The highest BCUT2D eigenvalue weighted by Gasteiger charge is 2.22. The SMILES string of the molecule is C[C@H]1CN(C(=O)c2ccc(Cl)c(I)c2)CCO1. The molecule has 1 aliphatic rings.